The molecule has 1 aromatic heterocycles. The number of aryl methyl sites for hydroxylation is 3. The Morgan fingerprint density at radius 3 is 1.89 bits per heavy atom. The molecular formula is C28H31NO6. The Balaban J connectivity index is 2.12. The number of carbonyl (C=O) groups excluding carboxylic acids is 2. The molecule has 0 atom stereocenters. The van der Waals surface area contributed by atoms with Crippen LogP contribution in [-0.2, 0) is 16.1 Å². The monoisotopic (exact) mass is 477 g/mol. The molecule has 0 N–H and O–H groups in total. The number of ether oxygens (including phenoxy) is 4. The summed E-state index contributed by atoms with van der Waals surface area (Å²) < 4.78 is 22.2. The number of hydrogen-bond acceptors (Lipinski definition) is 7. The fourth-order valence-corrected chi connectivity index (χ4v) is 3.83. The van der Waals surface area contributed by atoms with Gasteiger partial charge in [-0.2, -0.15) is 0 Å². The second-order valence-electron chi connectivity index (χ2n) is 7.99. The van der Waals surface area contributed by atoms with E-state index in [1.54, 1.807) is 53.0 Å². The average molecular weight is 478 g/mol. The lowest BCUT2D eigenvalue weighted by Gasteiger charge is -2.19. The van der Waals surface area contributed by atoms with Crippen LogP contribution in [0.15, 0.2) is 42.5 Å². The van der Waals surface area contributed by atoms with Crippen molar-refractivity contribution in [3.05, 3.63) is 76.1 Å². The Hall–Kier alpha value is -3.87. The van der Waals surface area contributed by atoms with Crippen molar-refractivity contribution in [1.82, 2.24) is 4.98 Å². The van der Waals surface area contributed by atoms with Gasteiger partial charge in [-0.1, -0.05) is 35.9 Å². The largest absolute Gasteiger partial charge is 0.493 e. The third-order valence-corrected chi connectivity index (χ3v) is 5.49. The van der Waals surface area contributed by atoms with Gasteiger partial charge >= 0.3 is 11.9 Å². The van der Waals surface area contributed by atoms with E-state index < -0.39 is 11.9 Å². The van der Waals surface area contributed by atoms with Crippen molar-refractivity contribution in [2.45, 2.75) is 41.2 Å². The molecular weight excluding hydrogens is 446 g/mol. The van der Waals surface area contributed by atoms with Crippen LogP contribution in [0.25, 0.3) is 11.1 Å². The number of nitrogens with zero attached hydrogens (tertiary/aromatic N) is 1. The first kappa shape index (κ1) is 25.7. The first-order valence-corrected chi connectivity index (χ1v) is 11.5. The van der Waals surface area contributed by atoms with Crippen LogP contribution >= 0.6 is 0 Å². The lowest BCUT2D eigenvalue weighted by atomic mass is 9.92. The summed E-state index contributed by atoms with van der Waals surface area (Å²) >= 11 is 0. The van der Waals surface area contributed by atoms with Crippen LogP contribution in [0.5, 0.6) is 11.5 Å². The van der Waals surface area contributed by atoms with E-state index in [0.717, 1.165) is 5.56 Å². The second kappa shape index (κ2) is 11.5. The van der Waals surface area contributed by atoms with Crippen molar-refractivity contribution >= 4 is 11.9 Å². The van der Waals surface area contributed by atoms with Crippen molar-refractivity contribution in [2.75, 3.05) is 20.3 Å². The third kappa shape index (κ3) is 5.80. The highest BCUT2D eigenvalue weighted by molar-refractivity contribution is 6.07. The van der Waals surface area contributed by atoms with Gasteiger partial charge in [0.2, 0.25) is 0 Å². The molecule has 7 heteroatoms. The summed E-state index contributed by atoms with van der Waals surface area (Å²) in [5.41, 5.74) is 4.54. The normalized spacial score (nSPS) is 10.6. The molecule has 184 valence electrons. The van der Waals surface area contributed by atoms with Crippen LogP contribution in [-0.4, -0.2) is 37.2 Å². The Bertz CT molecular complexity index is 1170. The minimum absolute atomic E-state index is 0.190. The standard InChI is InChI=1S/C28H31NO6/c1-7-33-27(30)24-18(4)29-19(5)25(28(31)34-8-2)26(24)21-13-14-22(23(15-21)32-6)35-16-20-11-9-17(3)10-12-20/h9-15H,7-8,16H2,1-6H3. The topological polar surface area (TPSA) is 84.0 Å². The Labute approximate surface area is 206 Å². The van der Waals surface area contributed by atoms with Crippen molar-refractivity contribution < 1.29 is 28.5 Å². The zero-order valence-corrected chi connectivity index (χ0v) is 21.1. The Morgan fingerprint density at radius 2 is 1.37 bits per heavy atom. The van der Waals surface area contributed by atoms with E-state index in [4.69, 9.17) is 18.9 Å². The van der Waals surface area contributed by atoms with E-state index in [2.05, 4.69) is 4.98 Å². The zero-order chi connectivity index (χ0) is 25.5. The molecule has 3 rings (SSSR count). The van der Waals surface area contributed by atoms with Crippen molar-refractivity contribution in [2.24, 2.45) is 0 Å². The summed E-state index contributed by atoms with van der Waals surface area (Å²) in [5.74, 6) is -0.116. The van der Waals surface area contributed by atoms with Gasteiger partial charge in [0.1, 0.15) is 6.61 Å². The number of esters is 2. The molecule has 0 aliphatic heterocycles. The van der Waals surface area contributed by atoms with Crippen LogP contribution in [0, 0.1) is 20.8 Å². The van der Waals surface area contributed by atoms with E-state index in [9.17, 15) is 9.59 Å². The number of benzene rings is 2. The SMILES string of the molecule is CCOC(=O)c1c(C)nc(C)c(C(=O)OCC)c1-c1ccc(OCc2ccc(C)cc2)c(OC)c1. The number of methoxy groups -OCH3 is 1. The highest BCUT2D eigenvalue weighted by Gasteiger charge is 2.28. The number of rotatable bonds is 9. The minimum Gasteiger partial charge on any atom is -0.493 e. The lowest BCUT2D eigenvalue weighted by Crippen LogP contribution is -2.17. The van der Waals surface area contributed by atoms with E-state index in [0.29, 0.717) is 40.6 Å². The minimum atomic E-state index is -0.559. The maximum atomic E-state index is 12.9. The van der Waals surface area contributed by atoms with Gasteiger partial charge in [-0.05, 0) is 57.9 Å². The number of pyridine rings is 1. The highest BCUT2D eigenvalue weighted by atomic mass is 16.5. The Kier molecular flexibility index (Phi) is 8.47. The molecule has 0 fully saturated rings. The van der Waals surface area contributed by atoms with Crippen LogP contribution in [0.4, 0.5) is 0 Å². The van der Waals surface area contributed by atoms with E-state index in [-0.39, 0.29) is 24.3 Å². The summed E-state index contributed by atoms with van der Waals surface area (Å²) in [5, 5.41) is 0. The molecule has 0 aliphatic rings. The summed E-state index contributed by atoms with van der Waals surface area (Å²) in [6, 6.07) is 13.4. The van der Waals surface area contributed by atoms with E-state index in [1.807, 2.05) is 31.2 Å². The smallest absolute Gasteiger partial charge is 0.340 e. The summed E-state index contributed by atoms with van der Waals surface area (Å²) in [7, 11) is 1.54. The molecule has 0 saturated carbocycles. The molecule has 3 aromatic rings. The first-order valence-electron chi connectivity index (χ1n) is 11.5. The van der Waals surface area contributed by atoms with Crippen molar-refractivity contribution in [3.63, 3.8) is 0 Å². The predicted molar refractivity (Wildman–Crippen MR) is 133 cm³/mol. The van der Waals surface area contributed by atoms with Gasteiger partial charge in [-0.25, -0.2) is 9.59 Å². The second-order valence-corrected chi connectivity index (χ2v) is 7.99. The Morgan fingerprint density at radius 1 is 0.800 bits per heavy atom. The van der Waals surface area contributed by atoms with Gasteiger partial charge in [-0.3, -0.25) is 4.98 Å². The predicted octanol–water partition coefficient (Wildman–Crippen LogP) is 5.61. The molecule has 2 aromatic carbocycles. The molecule has 0 aliphatic carbocycles. The molecule has 7 nitrogen and oxygen atoms in total. The van der Waals surface area contributed by atoms with Crippen LogP contribution < -0.4 is 9.47 Å². The summed E-state index contributed by atoms with van der Waals surface area (Å²) in [6.07, 6.45) is 0. The van der Waals surface area contributed by atoms with Crippen LogP contribution in [0.2, 0.25) is 0 Å². The first-order chi connectivity index (χ1) is 16.8. The summed E-state index contributed by atoms with van der Waals surface area (Å²) in [6.45, 7) is 9.66. The molecule has 0 amide bonds. The zero-order valence-electron chi connectivity index (χ0n) is 21.1. The van der Waals surface area contributed by atoms with Gasteiger partial charge in [0, 0.05) is 5.56 Å². The van der Waals surface area contributed by atoms with E-state index in [1.165, 1.54) is 5.56 Å². The van der Waals surface area contributed by atoms with Gasteiger partial charge < -0.3 is 18.9 Å². The fourth-order valence-electron chi connectivity index (χ4n) is 3.83. The van der Waals surface area contributed by atoms with Gasteiger partial charge in [0.05, 0.1) is 42.8 Å². The lowest BCUT2D eigenvalue weighted by molar-refractivity contribution is 0.0525. The van der Waals surface area contributed by atoms with Crippen molar-refractivity contribution in [3.8, 4) is 22.6 Å². The molecule has 0 unspecified atom stereocenters. The number of aromatic nitrogens is 1. The third-order valence-electron chi connectivity index (χ3n) is 5.49. The molecule has 0 radical (unpaired) electrons. The maximum Gasteiger partial charge on any atom is 0.340 e. The maximum absolute atomic E-state index is 12.9. The summed E-state index contributed by atoms with van der Waals surface area (Å²) in [4.78, 5) is 30.3. The highest BCUT2D eigenvalue weighted by Crippen LogP contribution is 2.38. The number of carbonyl (C=O) groups is 2. The fraction of sp³-hybridized carbons (Fsp3) is 0.321. The molecule has 0 bridgehead atoms. The van der Waals surface area contributed by atoms with Gasteiger partial charge in [0.15, 0.2) is 11.5 Å². The average Bonchev–Trinajstić information content (AvgIpc) is 2.83. The quantitative estimate of drug-likeness (QED) is 0.370. The van der Waals surface area contributed by atoms with Gasteiger partial charge in [0.25, 0.3) is 0 Å². The van der Waals surface area contributed by atoms with Crippen molar-refractivity contribution in [1.29, 1.82) is 0 Å². The number of hydrogen-bond donors (Lipinski definition) is 0. The molecule has 1 heterocycles. The van der Waals surface area contributed by atoms with Crippen LogP contribution in [0.1, 0.15) is 57.1 Å². The molecule has 0 spiro atoms. The van der Waals surface area contributed by atoms with Gasteiger partial charge in [-0.15, -0.1) is 0 Å². The molecule has 0 saturated heterocycles. The van der Waals surface area contributed by atoms with E-state index >= 15 is 0 Å². The van der Waals surface area contributed by atoms with Crippen LogP contribution in [0.3, 0.4) is 0 Å². The molecule has 35 heavy (non-hydrogen) atoms.